The summed E-state index contributed by atoms with van der Waals surface area (Å²) in [4.78, 5) is 26.9. The SMILES string of the molecule is COc1ccc(COC/C=C/[C@H](NC(=O)C(Cl)(Cl)Cl)[C@@](C)(COCc2ccccc2)CC(=O)N(C)C)cc1. The summed E-state index contributed by atoms with van der Waals surface area (Å²) in [5.41, 5.74) is 1.10. The Kier molecular flexibility index (Phi) is 12.9. The average Bonchev–Trinajstić information content (AvgIpc) is 2.88. The minimum atomic E-state index is -2.17. The van der Waals surface area contributed by atoms with Crippen LogP contribution in [0.15, 0.2) is 66.7 Å². The Hall–Kier alpha value is -2.29. The molecule has 0 aliphatic carbocycles. The third-order valence-electron chi connectivity index (χ3n) is 5.86. The van der Waals surface area contributed by atoms with Gasteiger partial charge in [0, 0.05) is 25.9 Å². The Morgan fingerprint density at radius 3 is 2.16 bits per heavy atom. The van der Waals surface area contributed by atoms with Crippen LogP contribution in [-0.2, 0) is 32.3 Å². The van der Waals surface area contributed by atoms with Crippen LogP contribution in [0.5, 0.6) is 5.75 Å². The van der Waals surface area contributed by atoms with E-state index in [0.717, 1.165) is 16.9 Å². The van der Waals surface area contributed by atoms with Crippen molar-refractivity contribution in [2.24, 2.45) is 5.41 Å². The molecule has 0 bridgehead atoms. The topological polar surface area (TPSA) is 77.1 Å². The summed E-state index contributed by atoms with van der Waals surface area (Å²) in [6.07, 6.45) is 3.59. The molecule has 0 spiro atoms. The van der Waals surface area contributed by atoms with Crippen LogP contribution in [0.3, 0.4) is 0 Å². The molecule has 2 rings (SSSR count). The smallest absolute Gasteiger partial charge is 0.272 e. The number of nitrogens with zero attached hydrogens (tertiary/aromatic N) is 1. The van der Waals surface area contributed by atoms with Crippen molar-refractivity contribution in [1.29, 1.82) is 0 Å². The Labute approximate surface area is 240 Å². The quantitative estimate of drug-likeness (QED) is 0.184. The van der Waals surface area contributed by atoms with Crippen LogP contribution in [0.25, 0.3) is 0 Å². The maximum atomic E-state index is 12.8. The van der Waals surface area contributed by atoms with Crippen LogP contribution in [0.1, 0.15) is 24.5 Å². The first-order chi connectivity index (χ1) is 17.9. The van der Waals surface area contributed by atoms with Crippen LogP contribution in [0, 0.1) is 5.41 Å². The van der Waals surface area contributed by atoms with Gasteiger partial charge in [0.25, 0.3) is 9.70 Å². The molecule has 10 heteroatoms. The molecule has 208 valence electrons. The maximum absolute atomic E-state index is 12.8. The van der Waals surface area contributed by atoms with Gasteiger partial charge in [-0.05, 0) is 23.3 Å². The van der Waals surface area contributed by atoms with Crippen molar-refractivity contribution >= 4 is 46.6 Å². The predicted octanol–water partition coefficient (Wildman–Crippen LogP) is 5.32. The van der Waals surface area contributed by atoms with Crippen LogP contribution < -0.4 is 10.1 Å². The summed E-state index contributed by atoms with van der Waals surface area (Å²) in [7, 11) is 4.96. The lowest BCUT2D eigenvalue weighted by molar-refractivity contribution is -0.133. The average molecular weight is 586 g/mol. The summed E-state index contributed by atoms with van der Waals surface area (Å²) in [5, 5.41) is 2.77. The molecule has 7 nitrogen and oxygen atoms in total. The van der Waals surface area contributed by atoms with Gasteiger partial charge in [-0.15, -0.1) is 0 Å². The molecule has 0 unspecified atom stereocenters. The lowest BCUT2D eigenvalue weighted by Crippen LogP contribution is -2.52. The maximum Gasteiger partial charge on any atom is 0.272 e. The monoisotopic (exact) mass is 584 g/mol. The highest BCUT2D eigenvalue weighted by Gasteiger charge is 2.40. The fourth-order valence-corrected chi connectivity index (χ4v) is 3.73. The molecule has 0 saturated heterocycles. The number of benzene rings is 2. The molecule has 2 aromatic carbocycles. The van der Waals surface area contributed by atoms with Gasteiger partial charge in [0.05, 0.1) is 39.6 Å². The lowest BCUT2D eigenvalue weighted by atomic mass is 9.79. The zero-order valence-electron chi connectivity index (χ0n) is 22.1. The Balaban J connectivity index is 2.18. The lowest BCUT2D eigenvalue weighted by Gasteiger charge is -2.37. The Morgan fingerprint density at radius 2 is 1.58 bits per heavy atom. The van der Waals surface area contributed by atoms with E-state index in [1.54, 1.807) is 33.4 Å². The number of nitrogens with one attached hydrogen (secondary N) is 1. The molecule has 0 fully saturated rings. The molecule has 1 N–H and O–H groups in total. The van der Waals surface area contributed by atoms with Crippen LogP contribution in [0.2, 0.25) is 0 Å². The van der Waals surface area contributed by atoms with E-state index in [9.17, 15) is 9.59 Å². The van der Waals surface area contributed by atoms with E-state index in [-0.39, 0.29) is 25.5 Å². The fourth-order valence-electron chi connectivity index (χ4n) is 3.57. The number of alkyl halides is 3. The number of amides is 2. The zero-order valence-corrected chi connectivity index (χ0v) is 24.4. The minimum Gasteiger partial charge on any atom is -0.497 e. The number of hydrogen-bond acceptors (Lipinski definition) is 5. The van der Waals surface area contributed by atoms with Crippen LogP contribution >= 0.6 is 34.8 Å². The van der Waals surface area contributed by atoms with E-state index < -0.39 is 21.2 Å². The summed E-state index contributed by atoms with van der Waals surface area (Å²) in [6, 6.07) is 16.5. The van der Waals surface area contributed by atoms with Gasteiger partial charge in [0.15, 0.2) is 0 Å². The number of hydrogen-bond donors (Lipinski definition) is 1. The first-order valence-electron chi connectivity index (χ1n) is 12.0. The number of halogens is 3. The van der Waals surface area contributed by atoms with E-state index >= 15 is 0 Å². The molecular weight excluding hydrogens is 551 g/mol. The molecular formula is C28H35Cl3N2O5. The second kappa shape index (κ2) is 15.3. The van der Waals surface area contributed by atoms with Gasteiger partial charge >= 0.3 is 0 Å². The number of carbonyl (C=O) groups excluding carboxylic acids is 2. The largest absolute Gasteiger partial charge is 0.497 e. The van der Waals surface area contributed by atoms with E-state index in [1.165, 1.54) is 4.90 Å². The third kappa shape index (κ3) is 10.8. The molecule has 0 heterocycles. The highest BCUT2D eigenvalue weighted by molar-refractivity contribution is 6.76. The molecule has 38 heavy (non-hydrogen) atoms. The van der Waals surface area contributed by atoms with Crippen LogP contribution in [-0.4, -0.2) is 61.0 Å². The van der Waals surface area contributed by atoms with E-state index in [2.05, 4.69) is 5.32 Å². The fraction of sp³-hybridized carbons (Fsp3) is 0.429. The van der Waals surface area contributed by atoms with Crippen molar-refractivity contribution in [2.45, 2.75) is 36.4 Å². The molecule has 2 atom stereocenters. The van der Waals surface area contributed by atoms with Crippen LogP contribution in [0.4, 0.5) is 0 Å². The zero-order chi connectivity index (χ0) is 28.2. The normalized spacial score (nSPS) is 14.1. The van der Waals surface area contributed by atoms with Crippen molar-refractivity contribution in [3.05, 3.63) is 77.9 Å². The molecule has 0 aliphatic heterocycles. The number of carbonyl (C=O) groups is 2. The van der Waals surface area contributed by atoms with Gasteiger partial charge in [-0.2, -0.15) is 0 Å². The summed E-state index contributed by atoms with van der Waals surface area (Å²) in [6.45, 7) is 2.99. The molecule has 2 aromatic rings. The Bertz CT molecular complexity index is 1040. The van der Waals surface area contributed by atoms with Gasteiger partial charge < -0.3 is 24.4 Å². The van der Waals surface area contributed by atoms with E-state index in [0.29, 0.717) is 13.2 Å². The highest BCUT2D eigenvalue weighted by Crippen LogP contribution is 2.32. The van der Waals surface area contributed by atoms with Gasteiger partial charge in [-0.25, -0.2) is 0 Å². The summed E-state index contributed by atoms with van der Waals surface area (Å²) in [5.74, 6) is -0.168. The molecule has 0 saturated carbocycles. The third-order valence-corrected chi connectivity index (χ3v) is 6.38. The highest BCUT2D eigenvalue weighted by atomic mass is 35.6. The predicted molar refractivity (Wildman–Crippen MR) is 152 cm³/mol. The molecule has 0 aromatic heterocycles. The number of methoxy groups -OCH3 is 1. The van der Waals surface area contributed by atoms with Crippen molar-refractivity contribution in [3.8, 4) is 5.75 Å². The second-order valence-electron chi connectivity index (χ2n) is 9.34. The second-order valence-corrected chi connectivity index (χ2v) is 11.6. The summed E-state index contributed by atoms with van der Waals surface area (Å²) < 4.78 is 14.8. The van der Waals surface area contributed by atoms with Gasteiger partial charge in [-0.1, -0.05) is 96.3 Å². The first-order valence-corrected chi connectivity index (χ1v) is 13.1. The number of rotatable bonds is 14. The Morgan fingerprint density at radius 1 is 0.974 bits per heavy atom. The summed E-state index contributed by atoms with van der Waals surface area (Å²) >= 11 is 17.5. The van der Waals surface area contributed by atoms with Crippen molar-refractivity contribution < 1.29 is 23.8 Å². The minimum absolute atomic E-state index is 0.0800. The first kappa shape index (κ1) is 31.9. The van der Waals surface area contributed by atoms with E-state index in [4.69, 9.17) is 49.0 Å². The molecule has 0 radical (unpaired) electrons. The number of ether oxygens (including phenoxy) is 3. The van der Waals surface area contributed by atoms with Gasteiger partial charge in [0.2, 0.25) is 5.91 Å². The standard InChI is InChI=1S/C28H35Cl3N2O5/c1-27(17-25(34)33(2)3,20-38-19-21-9-6-5-7-10-21)24(32-26(35)28(29,30)31)11-8-16-37-18-22-12-14-23(36-4)15-13-22/h5-15,24H,16-20H2,1-4H3,(H,32,35)/b11-8+/t24-,27+/m0/s1. The molecule has 0 aliphatic rings. The molecule has 2 amide bonds. The van der Waals surface area contributed by atoms with Gasteiger partial charge in [0.1, 0.15) is 5.75 Å². The van der Waals surface area contributed by atoms with Crippen molar-refractivity contribution in [3.63, 3.8) is 0 Å². The van der Waals surface area contributed by atoms with E-state index in [1.807, 2.05) is 61.5 Å². The van der Waals surface area contributed by atoms with Crippen molar-refractivity contribution in [1.82, 2.24) is 10.2 Å². The van der Waals surface area contributed by atoms with Crippen molar-refractivity contribution in [2.75, 3.05) is 34.4 Å². The van der Waals surface area contributed by atoms with Gasteiger partial charge in [-0.3, -0.25) is 9.59 Å².